The van der Waals surface area contributed by atoms with Gasteiger partial charge in [0.05, 0.1) is 18.6 Å². The van der Waals surface area contributed by atoms with Crippen LogP contribution in [-0.2, 0) is 16.0 Å². The minimum Gasteiger partial charge on any atom is -0.377 e. The van der Waals surface area contributed by atoms with Crippen molar-refractivity contribution in [1.29, 1.82) is 0 Å². The van der Waals surface area contributed by atoms with Gasteiger partial charge in [-0.3, -0.25) is 9.78 Å². The van der Waals surface area contributed by atoms with Gasteiger partial charge in [0.2, 0.25) is 5.91 Å². The summed E-state index contributed by atoms with van der Waals surface area (Å²) < 4.78 is 5.47. The number of hydrogen-bond acceptors (Lipinski definition) is 3. The number of pyridine rings is 1. The first-order chi connectivity index (χ1) is 11.6. The lowest BCUT2D eigenvalue weighted by molar-refractivity contribution is -0.122. The average molecular weight is 347 g/mol. The number of ether oxygens (including phenoxy) is 1. The molecule has 2 aromatic rings. The number of benzene rings is 1. The van der Waals surface area contributed by atoms with Crippen LogP contribution in [0.2, 0.25) is 5.02 Å². The molecule has 0 aliphatic rings. The van der Waals surface area contributed by atoms with E-state index in [0.717, 1.165) is 11.1 Å². The Balaban J connectivity index is 2.07. The van der Waals surface area contributed by atoms with Gasteiger partial charge in [-0.15, -0.1) is 0 Å². The molecule has 128 valence electrons. The van der Waals surface area contributed by atoms with Gasteiger partial charge in [0, 0.05) is 24.0 Å². The summed E-state index contributed by atoms with van der Waals surface area (Å²) in [7, 11) is 0. The zero-order valence-corrected chi connectivity index (χ0v) is 14.8. The molecular formula is C19H23ClN2O2. The molecular weight excluding hydrogens is 324 g/mol. The highest BCUT2D eigenvalue weighted by Gasteiger charge is 2.21. The van der Waals surface area contributed by atoms with Crippen molar-refractivity contribution in [3.8, 4) is 0 Å². The molecule has 1 N–H and O–H groups in total. The zero-order valence-electron chi connectivity index (χ0n) is 14.0. The number of carbonyl (C=O) groups is 1. The summed E-state index contributed by atoms with van der Waals surface area (Å²) in [5.41, 5.74) is 2.01. The predicted molar refractivity (Wildman–Crippen MR) is 96.2 cm³/mol. The van der Waals surface area contributed by atoms with E-state index < -0.39 is 0 Å². The molecule has 0 saturated heterocycles. The van der Waals surface area contributed by atoms with Crippen molar-refractivity contribution in [1.82, 2.24) is 10.3 Å². The van der Waals surface area contributed by atoms with Crippen LogP contribution >= 0.6 is 11.6 Å². The predicted octanol–water partition coefficient (Wildman–Crippen LogP) is 3.60. The van der Waals surface area contributed by atoms with Gasteiger partial charge in [-0.2, -0.15) is 0 Å². The van der Waals surface area contributed by atoms with Crippen molar-refractivity contribution < 1.29 is 9.53 Å². The van der Waals surface area contributed by atoms with Crippen LogP contribution in [0.25, 0.3) is 0 Å². The second kappa shape index (κ2) is 9.40. The standard InChI is InChI=1S/C19H23ClN2O2/c1-14(2)24-12-11-22-19(23)18(13-15-7-9-21-10-8-15)16-3-5-17(20)6-4-16/h3-10,14,18H,11-13H2,1-2H3,(H,22,23). The van der Waals surface area contributed by atoms with E-state index in [0.29, 0.717) is 24.6 Å². The summed E-state index contributed by atoms with van der Waals surface area (Å²) in [4.78, 5) is 16.7. The molecule has 1 aromatic carbocycles. The molecule has 0 saturated carbocycles. The molecule has 4 nitrogen and oxygen atoms in total. The van der Waals surface area contributed by atoms with Crippen molar-refractivity contribution in [2.75, 3.05) is 13.2 Å². The summed E-state index contributed by atoms with van der Waals surface area (Å²) in [6.45, 7) is 4.95. The minimum atomic E-state index is -0.274. The monoisotopic (exact) mass is 346 g/mol. The number of nitrogens with zero attached hydrogens (tertiary/aromatic N) is 1. The number of amides is 1. The van der Waals surface area contributed by atoms with Crippen molar-refractivity contribution in [3.63, 3.8) is 0 Å². The van der Waals surface area contributed by atoms with Crippen molar-refractivity contribution in [2.45, 2.75) is 32.3 Å². The number of halogens is 1. The molecule has 1 aromatic heterocycles. The average Bonchev–Trinajstić information content (AvgIpc) is 2.58. The Morgan fingerprint density at radius 2 is 1.83 bits per heavy atom. The number of nitrogens with one attached hydrogen (secondary N) is 1. The Labute approximate surface area is 148 Å². The fourth-order valence-electron chi connectivity index (χ4n) is 2.40. The highest BCUT2D eigenvalue weighted by Crippen LogP contribution is 2.23. The van der Waals surface area contributed by atoms with E-state index in [-0.39, 0.29) is 17.9 Å². The maximum Gasteiger partial charge on any atom is 0.227 e. The van der Waals surface area contributed by atoms with Crippen LogP contribution < -0.4 is 5.32 Å². The van der Waals surface area contributed by atoms with Gasteiger partial charge < -0.3 is 10.1 Å². The van der Waals surface area contributed by atoms with E-state index in [1.165, 1.54) is 0 Å². The summed E-state index contributed by atoms with van der Waals surface area (Å²) in [5.74, 6) is -0.287. The van der Waals surface area contributed by atoms with Crippen LogP contribution in [0, 0.1) is 0 Å². The Kier molecular flexibility index (Phi) is 7.22. The normalized spacial score (nSPS) is 12.2. The topological polar surface area (TPSA) is 51.2 Å². The SMILES string of the molecule is CC(C)OCCNC(=O)C(Cc1ccncc1)c1ccc(Cl)cc1. The van der Waals surface area contributed by atoms with E-state index in [2.05, 4.69) is 10.3 Å². The maximum atomic E-state index is 12.7. The lowest BCUT2D eigenvalue weighted by Gasteiger charge is -2.18. The molecule has 1 amide bonds. The van der Waals surface area contributed by atoms with Crippen LogP contribution in [-0.4, -0.2) is 30.1 Å². The summed E-state index contributed by atoms with van der Waals surface area (Å²) in [6.07, 6.45) is 4.25. The fourth-order valence-corrected chi connectivity index (χ4v) is 2.53. The summed E-state index contributed by atoms with van der Waals surface area (Å²) >= 11 is 5.96. The summed E-state index contributed by atoms with van der Waals surface area (Å²) in [5, 5.41) is 3.62. The first-order valence-electron chi connectivity index (χ1n) is 8.10. The van der Waals surface area contributed by atoms with E-state index in [1.807, 2.05) is 50.2 Å². The molecule has 2 rings (SSSR count). The Hall–Kier alpha value is -1.91. The first kappa shape index (κ1) is 18.4. The molecule has 1 heterocycles. The highest BCUT2D eigenvalue weighted by atomic mass is 35.5. The van der Waals surface area contributed by atoms with Crippen LogP contribution in [0.1, 0.15) is 30.9 Å². The smallest absolute Gasteiger partial charge is 0.227 e. The van der Waals surface area contributed by atoms with Gasteiger partial charge in [0.15, 0.2) is 0 Å². The Morgan fingerprint density at radius 1 is 1.17 bits per heavy atom. The number of hydrogen-bond donors (Lipinski definition) is 1. The van der Waals surface area contributed by atoms with Crippen molar-refractivity contribution in [3.05, 3.63) is 64.9 Å². The third-order valence-electron chi connectivity index (χ3n) is 3.63. The maximum absolute atomic E-state index is 12.7. The molecule has 1 unspecified atom stereocenters. The van der Waals surface area contributed by atoms with E-state index >= 15 is 0 Å². The van der Waals surface area contributed by atoms with Gasteiger partial charge in [0.1, 0.15) is 0 Å². The molecule has 0 bridgehead atoms. The van der Waals surface area contributed by atoms with Crippen LogP contribution in [0.3, 0.4) is 0 Å². The van der Waals surface area contributed by atoms with Gasteiger partial charge in [-0.25, -0.2) is 0 Å². The van der Waals surface area contributed by atoms with Crippen LogP contribution in [0.15, 0.2) is 48.8 Å². The Morgan fingerprint density at radius 3 is 2.46 bits per heavy atom. The van der Waals surface area contributed by atoms with E-state index in [9.17, 15) is 4.79 Å². The molecule has 0 aliphatic heterocycles. The second-order valence-electron chi connectivity index (χ2n) is 5.87. The lowest BCUT2D eigenvalue weighted by atomic mass is 9.91. The number of rotatable bonds is 8. The van der Waals surface area contributed by atoms with Gasteiger partial charge in [0.25, 0.3) is 0 Å². The fraction of sp³-hybridized carbons (Fsp3) is 0.368. The molecule has 24 heavy (non-hydrogen) atoms. The minimum absolute atomic E-state index is 0.0125. The molecule has 0 aliphatic carbocycles. The highest BCUT2D eigenvalue weighted by molar-refractivity contribution is 6.30. The first-order valence-corrected chi connectivity index (χ1v) is 8.47. The largest absolute Gasteiger partial charge is 0.377 e. The van der Waals surface area contributed by atoms with Gasteiger partial charge >= 0.3 is 0 Å². The van der Waals surface area contributed by atoms with Gasteiger partial charge in [-0.1, -0.05) is 23.7 Å². The molecule has 0 fully saturated rings. The summed E-state index contributed by atoms with van der Waals surface area (Å²) in [6, 6.07) is 11.3. The third kappa shape index (κ3) is 5.95. The zero-order chi connectivity index (χ0) is 17.4. The third-order valence-corrected chi connectivity index (χ3v) is 3.88. The molecule has 0 radical (unpaired) electrons. The molecule has 5 heteroatoms. The van der Waals surface area contributed by atoms with E-state index in [1.54, 1.807) is 12.4 Å². The van der Waals surface area contributed by atoms with Gasteiger partial charge in [-0.05, 0) is 55.7 Å². The van der Waals surface area contributed by atoms with Crippen LogP contribution in [0.5, 0.6) is 0 Å². The Bertz CT molecular complexity index is 630. The number of aromatic nitrogens is 1. The number of carbonyl (C=O) groups excluding carboxylic acids is 1. The lowest BCUT2D eigenvalue weighted by Crippen LogP contribution is -2.33. The molecule has 0 spiro atoms. The van der Waals surface area contributed by atoms with E-state index in [4.69, 9.17) is 16.3 Å². The van der Waals surface area contributed by atoms with Crippen LogP contribution in [0.4, 0.5) is 0 Å². The second-order valence-corrected chi connectivity index (χ2v) is 6.31. The molecule has 1 atom stereocenters. The quantitative estimate of drug-likeness (QED) is 0.743. The van der Waals surface area contributed by atoms with Crippen molar-refractivity contribution >= 4 is 17.5 Å². The van der Waals surface area contributed by atoms with Crippen molar-refractivity contribution in [2.24, 2.45) is 0 Å².